The van der Waals surface area contributed by atoms with Crippen LogP contribution in [0, 0.1) is 13.8 Å². The summed E-state index contributed by atoms with van der Waals surface area (Å²) in [5.41, 5.74) is 6.08. The molecule has 2 aromatic heterocycles. The molecule has 0 saturated heterocycles. The zero-order valence-electron chi connectivity index (χ0n) is 16.0. The van der Waals surface area contributed by atoms with Gasteiger partial charge in [-0.3, -0.25) is 9.55 Å². The number of pyridine rings is 1. The fourth-order valence-corrected chi connectivity index (χ4v) is 4.18. The van der Waals surface area contributed by atoms with Gasteiger partial charge in [0, 0.05) is 23.7 Å². The molecule has 0 unspecified atom stereocenters. The summed E-state index contributed by atoms with van der Waals surface area (Å²) in [6, 6.07) is 21.0. The molecule has 4 aromatic rings. The van der Waals surface area contributed by atoms with E-state index in [4.69, 9.17) is 0 Å². The molecule has 0 aliphatic carbocycles. The molecule has 0 amide bonds. The maximum Gasteiger partial charge on any atom is 0.192 e. The Morgan fingerprint density at radius 2 is 1.64 bits per heavy atom. The van der Waals surface area contributed by atoms with Crippen molar-refractivity contribution in [2.75, 3.05) is 0 Å². The molecule has 2 heterocycles. The fourth-order valence-electron chi connectivity index (χ4n) is 3.31. The Kier molecular flexibility index (Phi) is 5.53. The largest absolute Gasteiger partial charge is 0.297 e. The maximum absolute atomic E-state index is 4.50. The van der Waals surface area contributed by atoms with Gasteiger partial charge in [0.05, 0.1) is 6.54 Å². The highest BCUT2D eigenvalue weighted by Crippen LogP contribution is 2.27. The zero-order chi connectivity index (χ0) is 19.3. The summed E-state index contributed by atoms with van der Waals surface area (Å²) in [5.74, 6) is 1.71. The lowest BCUT2D eigenvalue weighted by Gasteiger charge is -2.11. The van der Waals surface area contributed by atoms with E-state index in [9.17, 15) is 0 Å². The van der Waals surface area contributed by atoms with Crippen molar-refractivity contribution >= 4 is 11.8 Å². The lowest BCUT2D eigenvalue weighted by Crippen LogP contribution is -2.04. The summed E-state index contributed by atoms with van der Waals surface area (Å²) in [7, 11) is 0. The van der Waals surface area contributed by atoms with Gasteiger partial charge >= 0.3 is 0 Å². The van der Waals surface area contributed by atoms with Crippen LogP contribution in [-0.2, 0) is 12.3 Å². The molecule has 0 N–H and O–H groups in total. The van der Waals surface area contributed by atoms with E-state index in [1.54, 1.807) is 18.0 Å². The molecule has 0 saturated carbocycles. The van der Waals surface area contributed by atoms with E-state index in [0.29, 0.717) is 0 Å². The monoisotopic (exact) mass is 386 g/mol. The van der Waals surface area contributed by atoms with Gasteiger partial charge in [0.15, 0.2) is 11.0 Å². The Morgan fingerprint density at radius 1 is 0.857 bits per heavy atom. The Morgan fingerprint density at radius 3 is 2.36 bits per heavy atom. The number of nitrogens with zero attached hydrogens (tertiary/aromatic N) is 4. The number of aryl methyl sites for hydroxylation is 2. The van der Waals surface area contributed by atoms with Gasteiger partial charge < -0.3 is 0 Å². The van der Waals surface area contributed by atoms with Crippen LogP contribution in [0.1, 0.15) is 22.3 Å². The lowest BCUT2D eigenvalue weighted by atomic mass is 10.1. The second-order valence-corrected chi connectivity index (χ2v) is 7.85. The topological polar surface area (TPSA) is 43.6 Å². The van der Waals surface area contributed by atoms with Gasteiger partial charge in [-0.25, -0.2) is 0 Å². The third kappa shape index (κ3) is 4.31. The van der Waals surface area contributed by atoms with Crippen molar-refractivity contribution in [3.8, 4) is 11.4 Å². The molecular formula is C23H22N4S. The Bertz CT molecular complexity index is 1040. The average Bonchev–Trinajstić information content (AvgIpc) is 3.09. The molecule has 0 radical (unpaired) electrons. The zero-order valence-corrected chi connectivity index (χ0v) is 16.9. The van der Waals surface area contributed by atoms with Crippen LogP contribution in [0.25, 0.3) is 11.4 Å². The molecular weight excluding hydrogens is 364 g/mol. The van der Waals surface area contributed by atoms with Crippen LogP contribution in [0.4, 0.5) is 0 Å². The maximum atomic E-state index is 4.50. The standard InChI is InChI=1S/C23H22N4S/c1-17-11-18(2)13-20(12-17)16-28-23-26-25-22(21-9-6-10-24-14-21)27(23)15-19-7-4-3-5-8-19/h3-14H,15-16H2,1-2H3. The molecule has 0 fully saturated rings. The van der Waals surface area contributed by atoms with Gasteiger partial charge in [-0.1, -0.05) is 71.4 Å². The van der Waals surface area contributed by atoms with Crippen molar-refractivity contribution in [3.63, 3.8) is 0 Å². The second-order valence-electron chi connectivity index (χ2n) is 6.90. The SMILES string of the molecule is Cc1cc(C)cc(CSc2nnc(-c3cccnc3)n2Cc2ccccc2)c1. The predicted octanol–water partition coefficient (Wildman–Crippen LogP) is 5.30. The molecule has 0 spiro atoms. The summed E-state index contributed by atoms with van der Waals surface area (Å²) >= 11 is 1.72. The first-order valence-electron chi connectivity index (χ1n) is 9.26. The first kappa shape index (κ1) is 18.4. The molecule has 4 rings (SSSR count). The highest BCUT2D eigenvalue weighted by atomic mass is 32.2. The Hall–Kier alpha value is -2.92. The average molecular weight is 387 g/mol. The van der Waals surface area contributed by atoms with Gasteiger partial charge in [-0.2, -0.15) is 0 Å². The Balaban J connectivity index is 1.65. The van der Waals surface area contributed by atoms with Gasteiger partial charge in [0.2, 0.25) is 0 Å². The molecule has 4 nitrogen and oxygen atoms in total. The minimum absolute atomic E-state index is 0.729. The van der Waals surface area contributed by atoms with Gasteiger partial charge in [-0.05, 0) is 37.1 Å². The van der Waals surface area contributed by atoms with Crippen molar-refractivity contribution in [1.29, 1.82) is 0 Å². The van der Waals surface area contributed by atoms with Crippen molar-refractivity contribution in [2.45, 2.75) is 31.3 Å². The third-order valence-corrected chi connectivity index (χ3v) is 5.51. The summed E-state index contributed by atoms with van der Waals surface area (Å²) in [6.07, 6.45) is 3.61. The van der Waals surface area contributed by atoms with Crippen LogP contribution in [0.15, 0.2) is 78.2 Å². The molecule has 2 aromatic carbocycles. The minimum atomic E-state index is 0.729. The number of rotatable bonds is 6. The molecule has 0 aliphatic rings. The summed E-state index contributed by atoms with van der Waals surface area (Å²) in [5, 5.41) is 9.90. The first-order valence-corrected chi connectivity index (χ1v) is 10.2. The van der Waals surface area contributed by atoms with Crippen molar-refractivity contribution in [3.05, 3.63) is 95.3 Å². The molecule has 140 valence electrons. The molecule has 0 atom stereocenters. The normalized spacial score (nSPS) is 10.9. The van der Waals surface area contributed by atoms with Crippen molar-refractivity contribution < 1.29 is 0 Å². The smallest absolute Gasteiger partial charge is 0.192 e. The lowest BCUT2D eigenvalue weighted by molar-refractivity contribution is 0.714. The van der Waals surface area contributed by atoms with Gasteiger partial charge in [0.1, 0.15) is 0 Å². The van der Waals surface area contributed by atoms with E-state index in [2.05, 4.69) is 76.1 Å². The van der Waals surface area contributed by atoms with Crippen molar-refractivity contribution in [1.82, 2.24) is 19.7 Å². The van der Waals surface area contributed by atoms with E-state index < -0.39 is 0 Å². The third-order valence-electron chi connectivity index (χ3n) is 4.47. The van der Waals surface area contributed by atoms with E-state index in [1.165, 1.54) is 22.3 Å². The van der Waals surface area contributed by atoms with Gasteiger partial charge in [0.25, 0.3) is 0 Å². The van der Waals surface area contributed by atoms with Crippen LogP contribution in [0.5, 0.6) is 0 Å². The fraction of sp³-hybridized carbons (Fsp3) is 0.174. The summed E-state index contributed by atoms with van der Waals surface area (Å²) in [4.78, 5) is 4.24. The molecule has 28 heavy (non-hydrogen) atoms. The van der Waals surface area contributed by atoms with E-state index >= 15 is 0 Å². The Labute approximate surface area is 169 Å². The van der Waals surface area contributed by atoms with Crippen molar-refractivity contribution in [2.24, 2.45) is 0 Å². The number of aromatic nitrogens is 4. The van der Waals surface area contributed by atoms with Crippen LogP contribution in [-0.4, -0.2) is 19.7 Å². The summed E-state index contributed by atoms with van der Waals surface area (Å²) < 4.78 is 2.18. The predicted molar refractivity (Wildman–Crippen MR) is 114 cm³/mol. The highest BCUT2D eigenvalue weighted by Gasteiger charge is 2.15. The number of benzene rings is 2. The van der Waals surface area contributed by atoms with Crippen LogP contribution >= 0.6 is 11.8 Å². The van der Waals surface area contributed by atoms with E-state index in [1.807, 2.05) is 24.4 Å². The van der Waals surface area contributed by atoms with Crippen LogP contribution < -0.4 is 0 Å². The molecule has 0 bridgehead atoms. The highest BCUT2D eigenvalue weighted by molar-refractivity contribution is 7.98. The molecule has 5 heteroatoms. The first-order chi connectivity index (χ1) is 13.7. The quantitative estimate of drug-likeness (QED) is 0.422. The van der Waals surface area contributed by atoms with Crippen LogP contribution in [0.3, 0.4) is 0 Å². The number of hydrogen-bond acceptors (Lipinski definition) is 4. The summed E-state index contributed by atoms with van der Waals surface area (Å²) in [6.45, 7) is 5.01. The number of thioether (sulfide) groups is 1. The van der Waals surface area contributed by atoms with Gasteiger partial charge in [-0.15, -0.1) is 10.2 Å². The van der Waals surface area contributed by atoms with Crippen LogP contribution in [0.2, 0.25) is 0 Å². The molecule has 0 aliphatic heterocycles. The number of hydrogen-bond donors (Lipinski definition) is 0. The van der Waals surface area contributed by atoms with E-state index in [0.717, 1.165) is 28.8 Å². The van der Waals surface area contributed by atoms with E-state index in [-0.39, 0.29) is 0 Å². The minimum Gasteiger partial charge on any atom is -0.297 e. The second kappa shape index (κ2) is 8.40.